The maximum Gasteiger partial charge on any atom is 0.238 e. The lowest BCUT2D eigenvalue weighted by Crippen LogP contribution is -2.27. The summed E-state index contributed by atoms with van der Waals surface area (Å²) in [5.41, 5.74) is 1.92. The molecular weight excluding hydrogens is 380 g/mol. The molecule has 0 saturated heterocycles. The third-order valence-corrected chi connectivity index (χ3v) is 5.65. The first-order valence-electron chi connectivity index (χ1n) is 9.27. The average molecular weight is 401 g/mol. The predicted molar refractivity (Wildman–Crippen MR) is 115 cm³/mol. The second-order valence-electron chi connectivity index (χ2n) is 6.43. The van der Waals surface area contributed by atoms with E-state index < -0.39 is 0 Å². The number of nitrogens with one attached hydrogen (secondary N) is 1. The van der Waals surface area contributed by atoms with Crippen LogP contribution in [-0.2, 0) is 11.3 Å². The van der Waals surface area contributed by atoms with Gasteiger partial charge in [-0.05, 0) is 29.3 Å². The Morgan fingerprint density at radius 2 is 1.76 bits per heavy atom. The van der Waals surface area contributed by atoms with Crippen LogP contribution in [0.2, 0.25) is 0 Å². The van der Waals surface area contributed by atoms with Gasteiger partial charge < -0.3 is 5.32 Å². The summed E-state index contributed by atoms with van der Waals surface area (Å²) in [6.45, 7) is 0.425. The zero-order valence-electron chi connectivity index (χ0n) is 15.7. The van der Waals surface area contributed by atoms with Gasteiger partial charge in [-0.1, -0.05) is 54.6 Å². The minimum Gasteiger partial charge on any atom is -0.351 e. The standard InChI is InChI=1S/C23H20N4OS/c28-23(26-16-18-11-12-21(25-15-18)27-14-13-24-17-27)22(19-7-3-1-4-8-19)29-20-9-5-2-6-10-20/h1-15,17,22H,16H2,(H,26,28). The summed E-state index contributed by atoms with van der Waals surface area (Å²) in [7, 11) is 0. The van der Waals surface area contributed by atoms with E-state index in [0.717, 1.165) is 21.8 Å². The van der Waals surface area contributed by atoms with Gasteiger partial charge in [0, 0.05) is 30.0 Å². The molecule has 0 bridgehead atoms. The van der Waals surface area contributed by atoms with Crippen molar-refractivity contribution < 1.29 is 4.79 Å². The molecule has 5 nitrogen and oxygen atoms in total. The normalized spacial score (nSPS) is 11.7. The van der Waals surface area contributed by atoms with E-state index in [4.69, 9.17) is 0 Å². The summed E-state index contributed by atoms with van der Waals surface area (Å²) in [6, 6.07) is 23.7. The van der Waals surface area contributed by atoms with Crippen LogP contribution in [0.3, 0.4) is 0 Å². The molecule has 29 heavy (non-hydrogen) atoms. The molecule has 0 aliphatic carbocycles. The molecule has 1 N–H and O–H groups in total. The lowest BCUT2D eigenvalue weighted by atomic mass is 10.1. The van der Waals surface area contributed by atoms with Gasteiger partial charge in [0.1, 0.15) is 17.4 Å². The molecule has 1 amide bonds. The Bertz CT molecular complexity index is 1040. The van der Waals surface area contributed by atoms with Crippen molar-refractivity contribution in [3.63, 3.8) is 0 Å². The first kappa shape index (κ1) is 19.0. The summed E-state index contributed by atoms with van der Waals surface area (Å²) in [4.78, 5) is 22.5. The molecule has 2 heterocycles. The molecule has 4 rings (SSSR count). The van der Waals surface area contributed by atoms with E-state index in [2.05, 4.69) is 15.3 Å². The largest absolute Gasteiger partial charge is 0.351 e. The Labute approximate surface area is 173 Å². The lowest BCUT2D eigenvalue weighted by Gasteiger charge is -2.17. The van der Waals surface area contributed by atoms with Gasteiger partial charge in [0.15, 0.2) is 0 Å². The van der Waals surface area contributed by atoms with Gasteiger partial charge in [0.05, 0.1) is 0 Å². The van der Waals surface area contributed by atoms with Crippen LogP contribution in [0.5, 0.6) is 0 Å². The molecule has 0 fully saturated rings. The van der Waals surface area contributed by atoms with Crippen LogP contribution in [0, 0.1) is 0 Å². The van der Waals surface area contributed by atoms with E-state index in [-0.39, 0.29) is 11.2 Å². The van der Waals surface area contributed by atoms with Crippen molar-refractivity contribution in [2.24, 2.45) is 0 Å². The van der Waals surface area contributed by atoms with Crippen molar-refractivity contribution in [3.8, 4) is 5.82 Å². The smallest absolute Gasteiger partial charge is 0.238 e. The number of pyridine rings is 1. The van der Waals surface area contributed by atoms with Gasteiger partial charge in [-0.25, -0.2) is 9.97 Å². The van der Waals surface area contributed by atoms with E-state index in [1.807, 2.05) is 83.6 Å². The highest BCUT2D eigenvalue weighted by molar-refractivity contribution is 8.00. The zero-order chi connectivity index (χ0) is 19.9. The Balaban J connectivity index is 1.45. The monoisotopic (exact) mass is 400 g/mol. The molecule has 1 unspecified atom stereocenters. The Kier molecular flexibility index (Phi) is 6.02. The second-order valence-corrected chi connectivity index (χ2v) is 7.61. The highest BCUT2D eigenvalue weighted by atomic mass is 32.2. The SMILES string of the molecule is O=C(NCc1ccc(-n2ccnc2)nc1)C(Sc1ccccc1)c1ccccc1. The van der Waals surface area contributed by atoms with Crippen LogP contribution in [0.1, 0.15) is 16.4 Å². The van der Waals surface area contributed by atoms with Gasteiger partial charge in [-0.2, -0.15) is 0 Å². The first-order chi connectivity index (χ1) is 14.3. The van der Waals surface area contributed by atoms with Crippen LogP contribution in [0.4, 0.5) is 0 Å². The van der Waals surface area contributed by atoms with Crippen molar-refractivity contribution in [1.82, 2.24) is 19.9 Å². The number of carbonyl (C=O) groups excluding carboxylic acids is 1. The van der Waals surface area contributed by atoms with Gasteiger partial charge in [0.25, 0.3) is 0 Å². The predicted octanol–water partition coefficient (Wildman–Crippen LogP) is 4.42. The van der Waals surface area contributed by atoms with E-state index in [0.29, 0.717) is 6.54 Å². The first-order valence-corrected chi connectivity index (χ1v) is 10.2. The Morgan fingerprint density at radius 3 is 2.41 bits per heavy atom. The Hall–Kier alpha value is -3.38. The van der Waals surface area contributed by atoms with Gasteiger partial charge in [0.2, 0.25) is 5.91 Å². The fourth-order valence-electron chi connectivity index (χ4n) is 2.89. The third-order valence-electron chi connectivity index (χ3n) is 4.38. The molecule has 0 spiro atoms. The van der Waals surface area contributed by atoms with E-state index in [9.17, 15) is 4.79 Å². The van der Waals surface area contributed by atoms with Gasteiger partial charge in [-0.15, -0.1) is 11.8 Å². The molecule has 2 aromatic carbocycles. The quantitative estimate of drug-likeness (QED) is 0.467. The fraction of sp³-hybridized carbons (Fsp3) is 0.0870. The molecule has 6 heteroatoms. The van der Waals surface area contributed by atoms with Gasteiger partial charge in [-0.3, -0.25) is 9.36 Å². The van der Waals surface area contributed by atoms with Crippen molar-refractivity contribution >= 4 is 17.7 Å². The number of aromatic nitrogens is 3. The number of amides is 1. The number of nitrogens with zero attached hydrogens (tertiary/aromatic N) is 3. The van der Waals surface area contributed by atoms with Crippen LogP contribution in [0.15, 0.2) is 103 Å². The third kappa shape index (κ3) is 4.92. The topological polar surface area (TPSA) is 59.8 Å². The minimum atomic E-state index is -0.322. The zero-order valence-corrected chi connectivity index (χ0v) is 16.5. The summed E-state index contributed by atoms with van der Waals surface area (Å²) >= 11 is 1.55. The van der Waals surface area contributed by atoms with E-state index >= 15 is 0 Å². The van der Waals surface area contributed by atoms with Crippen LogP contribution in [-0.4, -0.2) is 20.4 Å². The molecule has 2 aromatic heterocycles. The van der Waals surface area contributed by atoms with Crippen LogP contribution in [0.25, 0.3) is 5.82 Å². The fourth-order valence-corrected chi connectivity index (χ4v) is 3.96. The van der Waals surface area contributed by atoms with Gasteiger partial charge >= 0.3 is 0 Å². The number of thioether (sulfide) groups is 1. The number of hydrogen-bond donors (Lipinski definition) is 1. The molecular formula is C23H20N4OS. The van der Waals surface area contributed by atoms with Crippen molar-refractivity contribution in [3.05, 3.63) is 109 Å². The lowest BCUT2D eigenvalue weighted by molar-refractivity contribution is -0.120. The number of hydrogen-bond acceptors (Lipinski definition) is 4. The molecule has 0 radical (unpaired) electrons. The molecule has 1 atom stereocenters. The van der Waals surface area contributed by atoms with Crippen molar-refractivity contribution in [2.75, 3.05) is 0 Å². The molecule has 4 aromatic rings. The molecule has 0 aliphatic heterocycles. The second kappa shape index (κ2) is 9.21. The molecule has 0 aliphatic rings. The number of imidazole rings is 1. The Morgan fingerprint density at radius 1 is 1.00 bits per heavy atom. The van der Waals surface area contributed by atoms with E-state index in [1.165, 1.54) is 0 Å². The maximum atomic E-state index is 13.0. The maximum absolute atomic E-state index is 13.0. The van der Waals surface area contributed by atoms with Crippen molar-refractivity contribution in [1.29, 1.82) is 0 Å². The highest BCUT2D eigenvalue weighted by Gasteiger charge is 2.21. The minimum absolute atomic E-state index is 0.0243. The number of benzene rings is 2. The summed E-state index contributed by atoms with van der Waals surface area (Å²) < 4.78 is 1.84. The highest BCUT2D eigenvalue weighted by Crippen LogP contribution is 2.35. The summed E-state index contributed by atoms with van der Waals surface area (Å²) in [6.07, 6.45) is 7.03. The average Bonchev–Trinajstić information content (AvgIpc) is 3.32. The van der Waals surface area contributed by atoms with Crippen molar-refractivity contribution in [2.45, 2.75) is 16.7 Å². The van der Waals surface area contributed by atoms with E-state index in [1.54, 1.807) is 30.5 Å². The van der Waals surface area contributed by atoms with Crippen LogP contribution < -0.4 is 5.32 Å². The number of rotatable bonds is 7. The number of carbonyl (C=O) groups is 1. The summed E-state index contributed by atoms with van der Waals surface area (Å²) in [5, 5.41) is 2.73. The molecule has 0 saturated carbocycles. The molecule has 144 valence electrons. The van der Waals surface area contributed by atoms with Crippen LogP contribution >= 0.6 is 11.8 Å². The summed E-state index contributed by atoms with van der Waals surface area (Å²) in [5.74, 6) is 0.767.